The first-order chi connectivity index (χ1) is 9.88. The number of likely N-dealkylation sites (N-methyl/N-ethyl adjacent to an activating group) is 1. The van der Waals surface area contributed by atoms with Gasteiger partial charge in [-0.1, -0.05) is 11.6 Å². The van der Waals surface area contributed by atoms with Crippen molar-refractivity contribution >= 4 is 17.5 Å². The number of amides is 1. The molecule has 0 spiro atoms. The molecule has 2 rings (SSSR count). The summed E-state index contributed by atoms with van der Waals surface area (Å²) in [5.74, 6) is -0.110. The molecule has 0 aromatic carbocycles. The molecule has 0 radical (unpaired) electrons. The third kappa shape index (κ3) is 4.40. The number of pyridine rings is 1. The maximum Gasteiger partial charge on any atom is 0.252 e. The van der Waals surface area contributed by atoms with E-state index in [1.54, 1.807) is 12.1 Å². The van der Waals surface area contributed by atoms with E-state index in [1.807, 2.05) is 0 Å². The highest BCUT2D eigenvalue weighted by Crippen LogP contribution is 2.16. The van der Waals surface area contributed by atoms with E-state index in [1.165, 1.54) is 6.20 Å². The number of hydrogen-bond acceptors (Lipinski definition) is 4. The largest absolute Gasteiger partial charge is 0.350 e. The van der Waals surface area contributed by atoms with E-state index < -0.39 is 0 Å². The molecule has 0 aliphatic carbocycles. The van der Waals surface area contributed by atoms with Gasteiger partial charge < -0.3 is 10.2 Å². The smallest absolute Gasteiger partial charge is 0.252 e. The zero-order chi connectivity index (χ0) is 15.5. The van der Waals surface area contributed by atoms with Gasteiger partial charge in [-0.15, -0.1) is 0 Å². The van der Waals surface area contributed by atoms with Crippen molar-refractivity contribution in [2.45, 2.75) is 19.4 Å². The van der Waals surface area contributed by atoms with Gasteiger partial charge in [0.05, 0.1) is 5.56 Å². The molecule has 1 N–H and O–H groups in total. The van der Waals surface area contributed by atoms with E-state index in [9.17, 15) is 4.79 Å². The lowest BCUT2D eigenvalue weighted by Crippen LogP contribution is -2.57. The Hall–Kier alpha value is -1.17. The van der Waals surface area contributed by atoms with Crippen LogP contribution in [0.3, 0.4) is 0 Å². The van der Waals surface area contributed by atoms with Gasteiger partial charge >= 0.3 is 0 Å². The molecule has 0 unspecified atom stereocenters. The second kappa shape index (κ2) is 6.73. The summed E-state index contributed by atoms with van der Waals surface area (Å²) >= 11 is 5.73. The van der Waals surface area contributed by atoms with Crippen LogP contribution < -0.4 is 5.32 Å². The third-order valence-electron chi connectivity index (χ3n) is 4.03. The standard InChI is InChI=1S/C15H23ClN4O/c1-15(2,20-8-6-19(3)7-9-20)11-18-14(21)12-4-5-13(16)17-10-12/h4-5,10H,6-9,11H2,1-3H3,(H,18,21). The molecule has 1 fully saturated rings. The van der Waals surface area contributed by atoms with Crippen molar-refractivity contribution in [2.24, 2.45) is 0 Å². The lowest BCUT2D eigenvalue weighted by atomic mass is 10.0. The molecular weight excluding hydrogens is 288 g/mol. The van der Waals surface area contributed by atoms with Crippen LogP contribution in [-0.4, -0.2) is 66.0 Å². The molecule has 1 amide bonds. The van der Waals surface area contributed by atoms with Crippen molar-refractivity contribution in [3.8, 4) is 0 Å². The summed E-state index contributed by atoms with van der Waals surface area (Å²) in [5.41, 5.74) is 0.477. The summed E-state index contributed by atoms with van der Waals surface area (Å²) in [7, 11) is 2.14. The summed E-state index contributed by atoms with van der Waals surface area (Å²) in [5, 5.41) is 3.38. The number of aromatic nitrogens is 1. The molecule has 1 aliphatic rings. The molecule has 2 heterocycles. The van der Waals surface area contributed by atoms with Gasteiger partial charge in [-0.25, -0.2) is 4.98 Å². The van der Waals surface area contributed by atoms with E-state index in [4.69, 9.17) is 11.6 Å². The maximum absolute atomic E-state index is 12.1. The summed E-state index contributed by atoms with van der Waals surface area (Å²) < 4.78 is 0. The van der Waals surface area contributed by atoms with Crippen molar-refractivity contribution in [3.05, 3.63) is 29.0 Å². The molecule has 21 heavy (non-hydrogen) atoms. The predicted octanol–water partition coefficient (Wildman–Crippen LogP) is 1.49. The fraction of sp³-hybridized carbons (Fsp3) is 0.600. The Labute approximate surface area is 131 Å². The van der Waals surface area contributed by atoms with Crippen LogP contribution >= 0.6 is 11.6 Å². The summed E-state index contributed by atoms with van der Waals surface area (Å²) in [6.07, 6.45) is 1.50. The molecule has 1 aliphatic heterocycles. The van der Waals surface area contributed by atoms with Crippen LogP contribution in [0.15, 0.2) is 18.3 Å². The van der Waals surface area contributed by atoms with Crippen LogP contribution in [0.5, 0.6) is 0 Å². The fourth-order valence-electron chi connectivity index (χ4n) is 2.43. The first-order valence-corrected chi connectivity index (χ1v) is 7.60. The Bertz CT molecular complexity index is 481. The number of carbonyl (C=O) groups is 1. The highest BCUT2D eigenvalue weighted by Gasteiger charge is 2.29. The lowest BCUT2D eigenvalue weighted by Gasteiger charge is -2.43. The molecule has 1 aromatic heterocycles. The fourth-order valence-corrected chi connectivity index (χ4v) is 2.54. The van der Waals surface area contributed by atoms with Gasteiger partial charge in [0.1, 0.15) is 5.15 Å². The van der Waals surface area contributed by atoms with Crippen molar-refractivity contribution in [3.63, 3.8) is 0 Å². The number of nitrogens with one attached hydrogen (secondary N) is 1. The van der Waals surface area contributed by atoms with E-state index in [-0.39, 0.29) is 11.4 Å². The first-order valence-electron chi connectivity index (χ1n) is 7.22. The molecule has 5 nitrogen and oxygen atoms in total. The average molecular weight is 311 g/mol. The van der Waals surface area contributed by atoms with E-state index in [0.29, 0.717) is 17.3 Å². The number of carbonyl (C=O) groups excluding carboxylic acids is 1. The molecule has 0 bridgehead atoms. The quantitative estimate of drug-likeness (QED) is 0.856. The normalized spacial score (nSPS) is 17.7. The minimum Gasteiger partial charge on any atom is -0.350 e. The highest BCUT2D eigenvalue weighted by molar-refractivity contribution is 6.29. The van der Waals surface area contributed by atoms with Crippen LogP contribution in [0.25, 0.3) is 0 Å². The zero-order valence-electron chi connectivity index (χ0n) is 12.9. The molecule has 0 atom stereocenters. The SMILES string of the molecule is CN1CCN(C(C)(C)CNC(=O)c2ccc(Cl)nc2)CC1. The summed E-state index contributed by atoms with van der Waals surface area (Å²) in [4.78, 5) is 20.8. The van der Waals surface area contributed by atoms with Crippen LogP contribution in [0, 0.1) is 0 Å². The molecule has 6 heteroatoms. The van der Waals surface area contributed by atoms with E-state index in [0.717, 1.165) is 26.2 Å². The molecule has 116 valence electrons. The van der Waals surface area contributed by atoms with Crippen molar-refractivity contribution < 1.29 is 4.79 Å². The summed E-state index contributed by atoms with van der Waals surface area (Å²) in [6.45, 7) is 9.14. The lowest BCUT2D eigenvalue weighted by molar-refractivity contribution is 0.0588. The Balaban J connectivity index is 1.88. The Morgan fingerprint density at radius 3 is 2.57 bits per heavy atom. The van der Waals surface area contributed by atoms with E-state index in [2.05, 4.69) is 41.0 Å². The van der Waals surface area contributed by atoms with Gasteiger partial charge in [-0.3, -0.25) is 9.69 Å². The van der Waals surface area contributed by atoms with Crippen molar-refractivity contribution in [1.29, 1.82) is 0 Å². The van der Waals surface area contributed by atoms with Gasteiger partial charge in [-0.05, 0) is 33.0 Å². The van der Waals surface area contributed by atoms with Crippen molar-refractivity contribution in [2.75, 3.05) is 39.8 Å². The minimum absolute atomic E-state index is 0.0588. The van der Waals surface area contributed by atoms with E-state index >= 15 is 0 Å². The first kappa shape index (κ1) is 16.2. The van der Waals surface area contributed by atoms with Gasteiger partial charge in [0.25, 0.3) is 5.91 Å². The summed E-state index contributed by atoms with van der Waals surface area (Å²) in [6, 6.07) is 3.32. The van der Waals surface area contributed by atoms with Crippen molar-refractivity contribution in [1.82, 2.24) is 20.1 Å². The number of halogens is 1. The highest BCUT2D eigenvalue weighted by atomic mass is 35.5. The number of rotatable bonds is 4. The van der Waals surface area contributed by atoms with Crippen LogP contribution in [0.2, 0.25) is 5.15 Å². The predicted molar refractivity (Wildman–Crippen MR) is 84.7 cm³/mol. The molecule has 0 saturated carbocycles. The monoisotopic (exact) mass is 310 g/mol. The third-order valence-corrected chi connectivity index (χ3v) is 4.25. The van der Waals surface area contributed by atoms with Gasteiger partial charge in [0, 0.05) is 44.5 Å². The van der Waals surface area contributed by atoms with Gasteiger partial charge in [0.2, 0.25) is 0 Å². The average Bonchev–Trinajstić information content (AvgIpc) is 2.46. The van der Waals surface area contributed by atoms with Gasteiger partial charge in [0.15, 0.2) is 0 Å². The molecular formula is C15H23ClN4O. The Kier molecular flexibility index (Phi) is 5.19. The minimum atomic E-state index is -0.110. The molecule has 1 aromatic rings. The van der Waals surface area contributed by atoms with Crippen LogP contribution in [0.1, 0.15) is 24.2 Å². The van der Waals surface area contributed by atoms with Gasteiger partial charge in [-0.2, -0.15) is 0 Å². The zero-order valence-corrected chi connectivity index (χ0v) is 13.7. The number of hydrogen-bond donors (Lipinski definition) is 1. The second-order valence-corrected chi connectivity index (χ2v) is 6.54. The van der Waals surface area contributed by atoms with Crippen LogP contribution in [-0.2, 0) is 0 Å². The Morgan fingerprint density at radius 2 is 2.00 bits per heavy atom. The maximum atomic E-state index is 12.1. The molecule has 1 saturated heterocycles. The topological polar surface area (TPSA) is 48.5 Å². The number of piperazine rings is 1. The van der Waals surface area contributed by atoms with Crippen LogP contribution in [0.4, 0.5) is 0 Å². The Morgan fingerprint density at radius 1 is 1.33 bits per heavy atom. The second-order valence-electron chi connectivity index (χ2n) is 6.16. The number of nitrogens with zero attached hydrogens (tertiary/aromatic N) is 3.